The van der Waals surface area contributed by atoms with Crippen molar-refractivity contribution in [1.29, 1.82) is 0 Å². The SMILES string of the molecule is CCCOc1ccc(/C=N\NC(=O)CSCc2cccc(Cl)c2)cc1OCC. The van der Waals surface area contributed by atoms with Crippen LogP contribution in [0.1, 0.15) is 31.4 Å². The maximum atomic E-state index is 11.9. The molecule has 1 N–H and O–H groups in total. The van der Waals surface area contributed by atoms with Gasteiger partial charge in [-0.1, -0.05) is 30.7 Å². The van der Waals surface area contributed by atoms with Crippen LogP contribution in [0.5, 0.6) is 11.5 Å². The number of thioether (sulfide) groups is 1. The van der Waals surface area contributed by atoms with E-state index in [2.05, 4.69) is 17.5 Å². The van der Waals surface area contributed by atoms with E-state index < -0.39 is 0 Å². The summed E-state index contributed by atoms with van der Waals surface area (Å²) in [6.45, 7) is 5.16. The Morgan fingerprint density at radius 1 is 1.18 bits per heavy atom. The summed E-state index contributed by atoms with van der Waals surface area (Å²) in [6.07, 6.45) is 2.52. The van der Waals surface area contributed by atoms with Gasteiger partial charge in [0.2, 0.25) is 5.91 Å². The molecule has 0 bridgehead atoms. The summed E-state index contributed by atoms with van der Waals surface area (Å²) < 4.78 is 11.3. The van der Waals surface area contributed by atoms with E-state index in [4.69, 9.17) is 21.1 Å². The summed E-state index contributed by atoms with van der Waals surface area (Å²) in [7, 11) is 0. The monoisotopic (exact) mass is 420 g/mol. The first-order valence-corrected chi connectivity index (χ1v) is 10.7. The minimum absolute atomic E-state index is 0.156. The van der Waals surface area contributed by atoms with Gasteiger partial charge in [0, 0.05) is 10.8 Å². The Hall–Kier alpha value is -2.18. The molecule has 0 radical (unpaired) electrons. The first-order chi connectivity index (χ1) is 13.6. The van der Waals surface area contributed by atoms with Crippen molar-refractivity contribution < 1.29 is 14.3 Å². The lowest BCUT2D eigenvalue weighted by Gasteiger charge is -2.11. The van der Waals surface area contributed by atoms with Crippen LogP contribution in [0.15, 0.2) is 47.6 Å². The van der Waals surface area contributed by atoms with E-state index >= 15 is 0 Å². The predicted octanol–water partition coefficient (Wildman–Crippen LogP) is 4.91. The van der Waals surface area contributed by atoms with Crippen LogP contribution in [0, 0.1) is 0 Å². The third-order valence-electron chi connectivity index (χ3n) is 3.52. The molecule has 2 aromatic rings. The van der Waals surface area contributed by atoms with Gasteiger partial charge in [0.1, 0.15) is 0 Å². The van der Waals surface area contributed by atoms with Crippen LogP contribution in [0.3, 0.4) is 0 Å². The highest BCUT2D eigenvalue weighted by Crippen LogP contribution is 2.28. The van der Waals surface area contributed by atoms with Gasteiger partial charge in [-0.3, -0.25) is 4.79 Å². The van der Waals surface area contributed by atoms with Crippen LogP contribution in [0.4, 0.5) is 0 Å². The number of carbonyl (C=O) groups is 1. The second-order valence-corrected chi connectivity index (χ2v) is 7.33. The zero-order valence-corrected chi connectivity index (χ0v) is 17.7. The average Bonchev–Trinajstić information content (AvgIpc) is 2.68. The van der Waals surface area contributed by atoms with E-state index in [1.165, 1.54) is 11.8 Å². The minimum atomic E-state index is -0.156. The summed E-state index contributed by atoms with van der Waals surface area (Å²) >= 11 is 7.46. The molecule has 0 saturated heterocycles. The van der Waals surface area contributed by atoms with E-state index in [1.807, 2.05) is 49.4 Å². The summed E-state index contributed by atoms with van der Waals surface area (Å²) in [6, 6.07) is 13.2. The van der Waals surface area contributed by atoms with Crippen LogP contribution in [-0.4, -0.2) is 31.1 Å². The molecule has 0 aliphatic rings. The van der Waals surface area contributed by atoms with E-state index in [9.17, 15) is 4.79 Å². The molecule has 0 aliphatic carbocycles. The van der Waals surface area contributed by atoms with Crippen LogP contribution in [-0.2, 0) is 10.5 Å². The first-order valence-electron chi connectivity index (χ1n) is 9.16. The van der Waals surface area contributed by atoms with Gasteiger partial charge in [-0.2, -0.15) is 5.10 Å². The third kappa shape index (κ3) is 7.82. The number of halogens is 1. The molecule has 0 unspecified atom stereocenters. The molecular weight excluding hydrogens is 396 g/mol. The van der Waals surface area contributed by atoms with Crippen LogP contribution in [0.25, 0.3) is 0 Å². The lowest BCUT2D eigenvalue weighted by atomic mass is 10.2. The molecule has 0 fully saturated rings. The zero-order valence-electron chi connectivity index (χ0n) is 16.1. The number of nitrogens with zero attached hydrogens (tertiary/aromatic N) is 1. The Labute approximate surface area is 175 Å². The molecule has 28 heavy (non-hydrogen) atoms. The Bertz CT molecular complexity index is 799. The van der Waals surface area contributed by atoms with Gasteiger partial charge in [-0.05, 0) is 54.8 Å². The summed E-state index contributed by atoms with van der Waals surface area (Å²) in [5.74, 6) is 2.26. The second-order valence-electron chi connectivity index (χ2n) is 5.90. The maximum absolute atomic E-state index is 11.9. The molecule has 5 nitrogen and oxygen atoms in total. The quantitative estimate of drug-likeness (QED) is 0.414. The Kier molecular flexibility index (Phi) is 9.72. The molecule has 0 spiro atoms. The summed E-state index contributed by atoms with van der Waals surface area (Å²) in [5.41, 5.74) is 4.45. The van der Waals surface area contributed by atoms with Gasteiger partial charge in [0.15, 0.2) is 11.5 Å². The van der Waals surface area contributed by atoms with Gasteiger partial charge in [0.25, 0.3) is 0 Å². The molecule has 0 atom stereocenters. The van der Waals surface area contributed by atoms with Crippen molar-refractivity contribution in [2.24, 2.45) is 5.10 Å². The fourth-order valence-electron chi connectivity index (χ4n) is 2.30. The highest BCUT2D eigenvalue weighted by atomic mass is 35.5. The zero-order chi connectivity index (χ0) is 20.2. The average molecular weight is 421 g/mol. The molecule has 0 saturated carbocycles. The lowest BCUT2D eigenvalue weighted by Crippen LogP contribution is -2.19. The van der Waals surface area contributed by atoms with Crippen LogP contribution < -0.4 is 14.9 Å². The molecule has 2 aromatic carbocycles. The van der Waals surface area contributed by atoms with E-state index in [1.54, 1.807) is 6.21 Å². The normalized spacial score (nSPS) is 10.8. The molecular formula is C21H25ClN2O3S. The van der Waals surface area contributed by atoms with Gasteiger partial charge in [-0.25, -0.2) is 5.43 Å². The number of amides is 1. The minimum Gasteiger partial charge on any atom is -0.490 e. The van der Waals surface area contributed by atoms with Crippen molar-refractivity contribution in [3.05, 3.63) is 58.6 Å². The fraction of sp³-hybridized carbons (Fsp3) is 0.333. The molecule has 2 rings (SSSR count). The van der Waals surface area contributed by atoms with Gasteiger partial charge >= 0.3 is 0 Å². The van der Waals surface area contributed by atoms with Gasteiger partial charge in [-0.15, -0.1) is 11.8 Å². The second kappa shape index (κ2) is 12.3. The molecule has 0 aromatic heterocycles. The highest BCUT2D eigenvalue weighted by Gasteiger charge is 2.06. The first kappa shape index (κ1) is 22.1. The number of carbonyl (C=O) groups excluding carboxylic acids is 1. The van der Waals surface area contributed by atoms with Crippen molar-refractivity contribution in [2.75, 3.05) is 19.0 Å². The number of ether oxygens (including phenoxy) is 2. The van der Waals surface area contributed by atoms with E-state index in [0.29, 0.717) is 41.2 Å². The Morgan fingerprint density at radius 3 is 2.79 bits per heavy atom. The number of nitrogens with one attached hydrogen (secondary N) is 1. The molecule has 150 valence electrons. The maximum Gasteiger partial charge on any atom is 0.250 e. The number of rotatable bonds is 11. The van der Waals surface area contributed by atoms with E-state index in [-0.39, 0.29) is 5.91 Å². The highest BCUT2D eigenvalue weighted by molar-refractivity contribution is 7.99. The molecule has 7 heteroatoms. The topological polar surface area (TPSA) is 59.9 Å². The third-order valence-corrected chi connectivity index (χ3v) is 4.76. The molecule has 0 heterocycles. The number of hydrogen-bond acceptors (Lipinski definition) is 5. The Morgan fingerprint density at radius 2 is 2.04 bits per heavy atom. The largest absolute Gasteiger partial charge is 0.490 e. The van der Waals surface area contributed by atoms with Crippen molar-refractivity contribution in [3.8, 4) is 11.5 Å². The van der Waals surface area contributed by atoms with Gasteiger partial charge < -0.3 is 9.47 Å². The lowest BCUT2D eigenvalue weighted by molar-refractivity contribution is -0.118. The smallest absolute Gasteiger partial charge is 0.250 e. The standard InChI is InChI=1S/C21H25ClN2O3S/c1-3-10-27-19-9-8-16(12-20(19)26-4-2)13-23-24-21(25)15-28-14-17-6-5-7-18(22)11-17/h5-9,11-13H,3-4,10,14-15H2,1-2H3,(H,24,25)/b23-13-. The van der Waals surface area contributed by atoms with Crippen molar-refractivity contribution >= 4 is 35.5 Å². The molecule has 0 aliphatic heterocycles. The molecule has 1 amide bonds. The predicted molar refractivity (Wildman–Crippen MR) is 117 cm³/mol. The number of hydrogen-bond donors (Lipinski definition) is 1. The van der Waals surface area contributed by atoms with Crippen LogP contribution >= 0.6 is 23.4 Å². The van der Waals surface area contributed by atoms with Gasteiger partial charge in [0.05, 0.1) is 25.2 Å². The number of benzene rings is 2. The summed E-state index contributed by atoms with van der Waals surface area (Å²) in [5, 5.41) is 4.72. The van der Waals surface area contributed by atoms with Crippen molar-refractivity contribution in [3.63, 3.8) is 0 Å². The van der Waals surface area contributed by atoms with E-state index in [0.717, 1.165) is 17.5 Å². The van der Waals surface area contributed by atoms with Crippen molar-refractivity contribution in [1.82, 2.24) is 5.43 Å². The number of hydrazone groups is 1. The Balaban J connectivity index is 1.82. The summed E-state index contributed by atoms with van der Waals surface area (Å²) in [4.78, 5) is 11.9. The van der Waals surface area contributed by atoms with Crippen molar-refractivity contribution in [2.45, 2.75) is 26.0 Å². The fourth-order valence-corrected chi connectivity index (χ4v) is 3.28. The van der Waals surface area contributed by atoms with Crippen LogP contribution in [0.2, 0.25) is 5.02 Å².